The molecule has 0 atom stereocenters. The van der Waals surface area contributed by atoms with Crippen molar-refractivity contribution >= 4 is 39.9 Å². The monoisotopic (exact) mass is 392 g/mol. The Kier molecular flexibility index (Phi) is 4.01. The zero-order valence-corrected chi connectivity index (χ0v) is 13.6. The van der Waals surface area contributed by atoms with Crippen molar-refractivity contribution in [2.45, 2.75) is 12.8 Å². The zero-order valence-electron chi connectivity index (χ0n) is 11.5. The second-order valence-electron chi connectivity index (χ2n) is 4.81. The van der Waals surface area contributed by atoms with Crippen molar-refractivity contribution in [3.63, 3.8) is 0 Å². The van der Waals surface area contributed by atoms with E-state index in [-0.39, 0.29) is 5.97 Å². The minimum Gasteiger partial charge on any atom is -0.465 e. The Bertz CT molecular complexity index is 741. The summed E-state index contributed by atoms with van der Waals surface area (Å²) in [6.45, 7) is 0. The lowest BCUT2D eigenvalue weighted by Crippen LogP contribution is -2.02. The van der Waals surface area contributed by atoms with Gasteiger partial charge in [-0.3, -0.25) is 0 Å². The SMILES string of the molecule is COC(=O)c1ccc2c(c1)N=Nc1ccc(I)cc1CC2. The number of rotatable bonds is 1. The van der Waals surface area contributed by atoms with Crippen LogP contribution >= 0.6 is 22.6 Å². The van der Waals surface area contributed by atoms with Gasteiger partial charge in [-0.15, -0.1) is 0 Å². The molecule has 0 spiro atoms. The van der Waals surface area contributed by atoms with Crippen molar-refractivity contribution in [3.05, 3.63) is 56.7 Å². The molecule has 2 aromatic rings. The van der Waals surface area contributed by atoms with Gasteiger partial charge < -0.3 is 4.74 Å². The van der Waals surface area contributed by atoms with Gasteiger partial charge >= 0.3 is 5.97 Å². The molecular weight excluding hydrogens is 379 g/mol. The Morgan fingerprint density at radius 3 is 2.62 bits per heavy atom. The Labute approximate surface area is 136 Å². The van der Waals surface area contributed by atoms with Gasteiger partial charge in [0, 0.05) is 3.57 Å². The van der Waals surface area contributed by atoms with E-state index in [1.165, 1.54) is 16.2 Å². The average Bonchev–Trinajstić information content (AvgIpc) is 2.49. The molecule has 1 heterocycles. The molecule has 2 aromatic carbocycles. The number of ether oxygens (including phenoxy) is 1. The normalized spacial score (nSPS) is 12.9. The standard InChI is InChI=1S/C16H13IN2O2/c1-21-16(20)12-5-3-10-2-4-11-8-13(17)6-7-14(11)18-19-15(10)9-12/h3,5-9H,2,4H2,1H3. The summed E-state index contributed by atoms with van der Waals surface area (Å²) < 4.78 is 5.94. The number of nitrogens with zero attached hydrogens (tertiary/aromatic N) is 2. The Balaban J connectivity index is 2.03. The molecule has 4 nitrogen and oxygen atoms in total. The van der Waals surface area contributed by atoms with Crippen LogP contribution in [-0.2, 0) is 17.6 Å². The van der Waals surface area contributed by atoms with Gasteiger partial charge in [0.05, 0.1) is 24.0 Å². The number of hydrogen-bond donors (Lipinski definition) is 0. The van der Waals surface area contributed by atoms with Gasteiger partial charge in [0.2, 0.25) is 0 Å². The number of hydrogen-bond acceptors (Lipinski definition) is 4. The zero-order chi connectivity index (χ0) is 14.8. The summed E-state index contributed by atoms with van der Waals surface area (Å²) in [6, 6.07) is 11.6. The summed E-state index contributed by atoms with van der Waals surface area (Å²) in [7, 11) is 1.37. The molecule has 3 rings (SSSR count). The molecule has 0 fully saturated rings. The van der Waals surface area contributed by atoms with E-state index < -0.39 is 0 Å². The lowest BCUT2D eigenvalue weighted by molar-refractivity contribution is 0.0601. The number of aryl methyl sites for hydroxylation is 2. The van der Waals surface area contributed by atoms with Gasteiger partial charge in [-0.25, -0.2) is 4.79 Å². The van der Waals surface area contributed by atoms with Crippen molar-refractivity contribution in [1.29, 1.82) is 0 Å². The maximum atomic E-state index is 11.6. The molecule has 0 saturated carbocycles. The first kappa shape index (κ1) is 14.2. The van der Waals surface area contributed by atoms with E-state index in [2.05, 4.69) is 38.9 Å². The van der Waals surface area contributed by atoms with Crippen molar-refractivity contribution in [3.8, 4) is 0 Å². The van der Waals surface area contributed by atoms with Crippen molar-refractivity contribution in [2.24, 2.45) is 10.2 Å². The number of fused-ring (bicyclic) bond motifs is 2. The third-order valence-electron chi connectivity index (χ3n) is 3.48. The van der Waals surface area contributed by atoms with E-state index in [9.17, 15) is 4.79 Å². The van der Waals surface area contributed by atoms with Crippen molar-refractivity contribution in [1.82, 2.24) is 0 Å². The number of carbonyl (C=O) groups is 1. The molecule has 5 heteroatoms. The summed E-state index contributed by atoms with van der Waals surface area (Å²) >= 11 is 2.30. The van der Waals surface area contributed by atoms with Gasteiger partial charge in [0.1, 0.15) is 0 Å². The van der Waals surface area contributed by atoms with Crippen LogP contribution in [0.3, 0.4) is 0 Å². The molecule has 0 bridgehead atoms. The molecule has 0 saturated heterocycles. The lowest BCUT2D eigenvalue weighted by atomic mass is 10.00. The molecule has 106 valence electrons. The molecule has 21 heavy (non-hydrogen) atoms. The van der Waals surface area contributed by atoms with Crippen LogP contribution in [0.2, 0.25) is 0 Å². The van der Waals surface area contributed by atoms with Gasteiger partial charge in [0.15, 0.2) is 0 Å². The molecule has 0 aromatic heterocycles. The van der Waals surface area contributed by atoms with Gasteiger partial charge in [-0.2, -0.15) is 10.2 Å². The molecule has 0 N–H and O–H groups in total. The summed E-state index contributed by atoms with van der Waals surface area (Å²) in [6.07, 6.45) is 1.79. The second-order valence-corrected chi connectivity index (χ2v) is 6.05. The molecule has 0 amide bonds. The first-order valence-electron chi connectivity index (χ1n) is 6.59. The molecule has 1 aliphatic rings. The van der Waals surface area contributed by atoms with Crippen LogP contribution in [0.15, 0.2) is 46.6 Å². The van der Waals surface area contributed by atoms with E-state index in [0.29, 0.717) is 5.56 Å². The average molecular weight is 392 g/mol. The lowest BCUT2D eigenvalue weighted by Gasteiger charge is -2.12. The van der Waals surface area contributed by atoms with Crippen LogP contribution in [0, 0.1) is 3.57 Å². The third-order valence-corrected chi connectivity index (χ3v) is 4.15. The minimum absolute atomic E-state index is 0.356. The van der Waals surface area contributed by atoms with Crippen LogP contribution in [0.5, 0.6) is 0 Å². The molecule has 0 unspecified atom stereocenters. The smallest absolute Gasteiger partial charge is 0.337 e. The predicted molar refractivity (Wildman–Crippen MR) is 88.5 cm³/mol. The van der Waals surface area contributed by atoms with Crippen LogP contribution in [0.25, 0.3) is 0 Å². The fraction of sp³-hybridized carbons (Fsp3) is 0.188. The largest absolute Gasteiger partial charge is 0.465 e. The highest BCUT2D eigenvalue weighted by molar-refractivity contribution is 14.1. The topological polar surface area (TPSA) is 51.0 Å². The van der Waals surface area contributed by atoms with E-state index in [4.69, 9.17) is 4.74 Å². The van der Waals surface area contributed by atoms with E-state index in [1.807, 2.05) is 18.2 Å². The third kappa shape index (κ3) is 2.97. The maximum Gasteiger partial charge on any atom is 0.337 e. The van der Waals surface area contributed by atoms with Crippen molar-refractivity contribution < 1.29 is 9.53 Å². The quantitative estimate of drug-likeness (QED) is 0.527. The Morgan fingerprint density at radius 1 is 1.05 bits per heavy atom. The number of carbonyl (C=O) groups excluding carboxylic acids is 1. The van der Waals surface area contributed by atoms with Gasteiger partial charge in [-0.05, 0) is 76.9 Å². The van der Waals surface area contributed by atoms with E-state index in [0.717, 1.165) is 29.8 Å². The van der Waals surface area contributed by atoms with Crippen LogP contribution in [-0.4, -0.2) is 13.1 Å². The summed E-state index contributed by atoms with van der Waals surface area (Å²) in [5.41, 5.74) is 4.43. The van der Waals surface area contributed by atoms with E-state index >= 15 is 0 Å². The minimum atomic E-state index is -0.356. The van der Waals surface area contributed by atoms with Gasteiger partial charge in [0.25, 0.3) is 0 Å². The molecule has 0 radical (unpaired) electrons. The van der Waals surface area contributed by atoms with Crippen LogP contribution in [0.4, 0.5) is 11.4 Å². The van der Waals surface area contributed by atoms with Crippen LogP contribution in [0.1, 0.15) is 21.5 Å². The molecule has 0 aliphatic carbocycles. The fourth-order valence-electron chi connectivity index (χ4n) is 2.34. The first-order valence-corrected chi connectivity index (χ1v) is 7.66. The van der Waals surface area contributed by atoms with E-state index in [1.54, 1.807) is 12.1 Å². The highest BCUT2D eigenvalue weighted by Crippen LogP contribution is 2.31. The summed E-state index contributed by atoms with van der Waals surface area (Å²) in [5, 5.41) is 8.63. The maximum absolute atomic E-state index is 11.6. The van der Waals surface area contributed by atoms with Gasteiger partial charge in [-0.1, -0.05) is 6.07 Å². The Hall–Kier alpha value is -1.76. The fourth-order valence-corrected chi connectivity index (χ4v) is 2.90. The van der Waals surface area contributed by atoms with Crippen LogP contribution < -0.4 is 0 Å². The summed E-state index contributed by atoms with van der Waals surface area (Å²) in [5.74, 6) is -0.356. The Morgan fingerprint density at radius 2 is 1.81 bits per heavy atom. The highest BCUT2D eigenvalue weighted by Gasteiger charge is 2.13. The van der Waals surface area contributed by atoms with Crippen molar-refractivity contribution in [2.75, 3.05) is 7.11 Å². The number of azo groups is 1. The highest BCUT2D eigenvalue weighted by atomic mass is 127. The number of esters is 1. The summed E-state index contributed by atoms with van der Waals surface area (Å²) in [4.78, 5) is 11.6. The number of halogens is 1. The number of methoxy groups -OCH3 is 1. The molecule has 1 aliphatic heterocycles. The second kappa shape index (κ2) is 5.93. The first-order chi connectivity index (χ1) is 10.2. The molecular formula is C16H13IN2O2. The predicted octanol–water partition coefficient (Wildman–Crippen LogP) is 4.59. The number of benzene rings is 2.